The maximum absolute atomic E-state index is 12.4. The Bertz CT molecular complexity index is 460. The Labute approximate surface area is 142 Å². The minimum absolute atomic E-state index is 0.209. The molecule has 2 atom stereocenters. The summed E-state index contributed by atoms with van der Waals surface area (Å²) >= 11 is 0. The van der Waals surface area contributed by atoms with Crippen molar-refractivity contribution in [1.82, 2.24) is 10.2 Å². The van der Waals surface area contributed by atoms with E-state index in [-0.39, 0.29) is 18.6 Å². The molecule has 0 spiro atoms. The van der Waals surface area contributed by atoms with Gasteiger partial charge in [0.15, 0.2) is 0 Å². The van der Waals surface area contributed by atoms with Gasteiger partial charge in [0, 0.05) is 19.6 Å². The Balaban J connectivity index is 2.61. The fraction of sp³-hybridized carbons (Fsp3) is 0.812. The highest BCUT2D eigenvalue weighted by Gasteiger charge is 2.40. The lowest BCUT2D eigenvalue weighted by atomic mass is 10.2. The van der Waals surface area contributed by atoms with Crippen LogP contribution in [0.1, 0.15) is 40.5 Å². The Morgan fingerprint density at radius 2 is 1.92 bits per heavy atom. The first kappa shape index (κ1) is 20.2. The third kappa shape index (κ3) is 6.35. The van der Waals surface area contributed by atoms with Gasteiger partial charge in [-0.05, 0) is 27.2 Å². The van der Waals surface area contributed by atoms with Gasteiger partial charge in [-0.3, -0.25) is 4.79 Å². The van der Waals surface area contributed by atoms with E-state index in [2.05, 4.69) is 5.32 Å². The number of hydrogen-bond acceptors (Lipinski definition) is 6. The van der Waals surface area contributed by atoms with Crippen LogP contribution in [0.5, 0.6) is 0 Å². The zero-order valence-electron chi connectivity index (χ0n) is 15.1. The molecule has 0 saturated carbocycles. The van der Waals surface area contributed by atoms with Crippen LogP contribution in [0, 0.1) is 0 Å². The van der Waals surface area contributed by atoms with Gasteiger partial charge in [0.2, 0.25) is 5.91 Å². The first-order valence-electron chi connectivity index (χ1n) is 8.13. The van der Waals surface area contributed by atoms with E-state index in [1.165, 1.54) is 12.0 Å². The molecular weight excluding hydrogens is 316 g/mol. The zero-order chi connectivity index (χ0) is 18.3. The van der Waals surface area contributed by atoms with Gasteiger partial charge in [-0.2, -0.15) is 0 Å². The predicted octanol–water partition coefficient (Wildman–Crippen LogP) is 1.08. The van der Waals surface area contributed by atoms with Crippen LogP contribution in [0.15, 0.2) is 0 Å². The monoisotopic (exact) mass is 344 g/mol. The molecule has 0 radical (unpaired) electrons. The van der Waals surface area contributed by atoms with Gasteiger partial charge in [-0.1, -0.05) is 6.92 Å². The number of likely N-dealkylation sites (tertiary alicyclic amines) is 1. The summed E-state index contributed by atoms with van der Waals surface area (Å²) in [7, 11) is 1.28. The van der Waals surface area contributed by atoms with Crippen molar-refractivity contribution in [3.05, 3.63) is 0 Å². The number of nitrogens with one attached hydrogen (secondary N) is 1. The van der Waals surface area contributed by atoms with Gasteiger partial charge in [-0.15, -0.1) is 0 Å². The van der Waals surface area contributed by atoms with Crippen LogP contribution in [-0.4, -0.2) is 67.4 Å². The van der Waals surface area contributed by atoms with Crippen molar-refractivity contribution in [2.45, 2.75) is 58.3 Å². The summed E-state index contributed by atoms with van der Waals surface area (Å²) in [6.45, 7) is 7.81. The largest absolute Gasteiger partial charge is 0.467 e. The fourth-order valence-electron chi connectivity index (χ4n) is 2.40. The van der Waals surface area contributed by atoms with E-state index in [4.69, 9.17) is 14.2 Å². The Morgan fingerprint density at radius 3 is 2.46 bits per heavy atom. The van der Waals surface area contributed by atoms with E-state index in [0.29, 0.717) is 19.6 Å². The molecule has 1 N–H and O–H groups in total. The molecule has 1 aliphatic rings. The molecule has 1 heterocycles. The summed E-state index contributed by atoms with van der Waals surface area (Å²) in [5, 5.41) is 2.41. The number of ether oxygens (including phenoxy) is 3. The molecule has 8 heteroatoms. The predicted molar refractivity (Wildman–Crippen MR) is 86.4 cm³/mol. The minimum Gasteiger partial charge on any atom is -0.467 e. The topological polar surface area (TPSA) is 94.2 Å². The van der Waals surface area contributed by atoms with Gasteiger partial charge in [0.25, 0.3) is 0 Å². The lowest BCUT2D eigenvalue weighted by Crippen LogP contribution is -2.46. The SMILES string of the molecule is CCCO[C@@H]1C[C@@H](C(=O)OC)N(C(=O)CNC(=O)OC(C)(C)C)C1. The average Bonchev–Trinajstić information content (AvgIpc) is 2.92. The number of hydrogen-bond donors (Lipinski definition) is 1. The van der Waals surface area contributed by atoms with Crippen molar-refractivity contribution in [1.29, 1.82) is 0 Å². The summed E-state index contributed by atoms with van der Waals surface area (Å²) in [6, 6.07) is -0.690. The van der Waals surface area contributed by atoms with Crippen LogP contribution in [0.25, 0.3) is 0 Å². The summed E-state index contributed by atoms with van der Waals surface area (Å²) in [6.07, 6.45) is 0.362. The molecule has 1 rings (SSSR count). The molecule has 0 aliphatic carbocycles. The molecule has 24 heavy (non-hydrogen) atoms. The summed E-state index contributed by atoms with van der Waals surface area (Å²) in [5.41, 5.74) is -0.644. The Morgan fingerprint density at radius 1 is 1.25 bits per heavy atom. The quantitative estimate of drug-likeness (QED) is 0.725. The number of esters is 1. The number of amides is 2. The molecule has 0 unspecified atom stereocenters. The van der Waals surface area contributed by atoms with Crippen molar-refractivity contribution in [3.63, 3.8) is 0 Å². The standard InChI is InChI=1S/C16H28N2O6/c1-6-7-23-11-8-12(14(20)22-5)18(10-11)13(19)9-17-15(21)24-16(2,3)4/h11-12H,6-10H2,1-5H3,(H,17,21)/t11-,12+/m1/s1. The molecular formula is C16H28N2O6. The highest BCUT2D eigenvalue weighted by atomic mass is 16.6. The maximum atomic E-state index is 12.4. The second-order valence-corrected chi connectivity index (χ2v) is 6.67. The van der Waals surface area contributed by atoms with Crippen LogP contribution in [0.2, 0.25) is 0 Å². The van der Waals surface area contributed by atoms with E-state index < -0.39 is 23.7 Å². The molecule has 0 aromatic rings. The second-order valence-electron chi connectivity index (χ2n) is 6.67. The van der Waals surface area contributed by atoms with Gasteiger partial charge in [0.05, 0.1) is 13.2 Å². The van der Waals surface area contributed by atoms with Crippen molar-refractivity contribution in [2.24, 2.45) is 0 Å². The van der Waals surface area contributed by atoms with Crippen LogP contribution >= 0.6 is 0 Å². The average molecular weight is 344 g/mol. The number of alkyl carbamates (subject to hydrolysis) is 1. The molecule has 0 aromatic heterocycles. The summed E-state index contributed by atoms with van der Waals surface area (Å²) < 4.78 is 15.5. The highest BCUT2D eigenvalue weighted by molar-refractivity contribution is 5.88. The Hall–Kier alpha value is -1.83. The first-order chi connectivity index (χ1) is 11.2. The molecule has 2 amide bonds. The first-order valence-corrected chi connectivity index (χ1v) is 8.13. The van der Waals surface area contributed by atoms with Gasteiger partial charge >= 0.3 is 12.1 Å². The molecule has 1 fully saturated rings. The van der Waals surface area contributed by atoms with E-state index in [9.17, 15) is 14.4 Å². The van der Waals surface area contributed by atoms with E-state index in [1.54, 1.807) is 20.8 Å². The lowest BCUT2D eigenvalue weighted by Gasteiger charge is -2.23. The van der Waals surface area contributed by atoms with Crippen molar-refractivity contribution < 1.29 is 28.6 Å². The number of methoxy groups -OCH3 is 1. The lowest BCUT2D eigenvalue weighted by molar-refractivity contribution is -0.150. The molecule has 138 valence electrons. The van der Waals surface area contributed by atoms with Crippen LogP contribution < -0.4 is 5.32 Å². The molecule has 1 aliphatic heterocycles. The van der Waals surface area contributed by atoms with Gasteiger partial charge < -0.3 is 24.4 Å². The van der Waals surface area contributed by atoms with Gasteiger partial charge in [-0.25, -0.2) is 9.59 Å². The van der Waals surface area contributed by atoms with Gasteiger partial charge in [0.1, 0.15) is 18.2 Å². The minimum atomic E-state index is -0.690. The summed E-state index contributed by atoms with van der Waals surface area (Å²) in [5.74, 6) is -0.859. The maximum Gasteiger partial charge on any atom is 0.408 e. The highest BCUT2D eigenvalue weighted by Crippen LogP contribution is 2.22. The van der Waals surface area contributed by atoms with Crippen molar-refractivity contribution >= 4 is 18.0 Å². The second kappa shape index (κ2) is 8.86. The molecule has 8 nitrogen and oxygen atoms in total. The number of nitrogens with zero attached hydrogens (tertiary/aromatic N) is 1. The number of carbonyl (C=O) groups excluding carboxylic acids is 3. The summed E-state index contributed by atoms with van der Waals surface area (Å²) in [4.78, 5) is 37.3. The molecule has 0 aromatic carbocycles. The van der Waals surface area contributed by atoms with Crippen molar-refractivity contribution in [3.8, 4) is 0 Å². The number of rotatable bonds is 6. The van der Waals surface area contributed by atoms with Crippen LogP contribution in [0.3, 0.4) is 0 Å². The van der Waals surface area contributed by atoms with Crippen molar-refractivity contribution in [2.75, 3.05) is 26.8 Å². The van der Waals surface area contributed by atoms with E-state index in [1.807, 2.05) is 6.92 Å². The fourth-order valence-corrected chi connectivity index (χ4v) is 2.40. The molecule has 1 saturated heterocycles. The Kier molecular flexibility index (Phi) is 7.47. The van der Waals surface area contributed by atoms with Crippen LogP contribution in [0.4, 0.5) is 4.79 Å². The van der Waals surface area contributed by atoms with Crippen LogP contribution in [-0.2, 0) is 23.8 Å². The van der Waals surface area contributed by atoms with E-state index in [0.717, 1.165) is 6.42 Å². The third-order valence-corrected chi connectivity index (χ3v) is 3.40. The molecule has 0 bridgehead atoms. The smallest absolute Gasteiger partial charge is 0.408 e. The number of carbonyl (C=O) groups is 3. The van der Waals surface area contributed by atoms with E-state index >= 15 is 0 Å². The zero-order valence-corrected chi connectivity index (χ0v) is 15.1. The third-order valence-electron chi connectivity index (χ3n) is 3.40. The normalized spacial score (nSPS) is 20.6.